The van der Waals surface area contributed by atoms with Gasteiger partial charge in [0.05, 0.1) is 17.6 Å². The molecule has 3 aromatic heterocycles. The van der Waals surface area contributed by atoms with Crippen molar-refractivity contribution >= 4 is 22.9 Å². The minimum atomic E-state index is -4.47. The number of ether oxygens (including phenoxy) is 1. The second-order valence-electron chi connectivity index (χ2n) is 8.88. The average Bonchev–Trinajstić information content (AvgIpc) is 3.62. The van der Waals surface area contributed by atoms with Crippen LogP contribution >= 0.6 is 11.3 Å². The molecule has 4 aromatic rings. The highest BCUT2D eigenvalue weighted by Gasteiger charge is 2.28. The number of carbonyl (C=O) groups is 1. The molecular formula is C25H24F4N5O2S+. The van der Waals surface area contributed by atoms with E-state index in [1.807, 2.05) is 35.8 Å². The van der Waals surface area contributed by atoms with Crippen LogP contribution in [0, 0.1) is 0 Å². The summed E-state index contributed by atoms with van der Waals surface area (Å²) in [6.45, 7) is 1.32. The molecule has 0 saturated carbocycles. The molecule has 1 unspecified atom stereocenters. The molecule has 0 bridgehead atoms. The number of quaternary nitrogens is 1. The SMILES string of the molecule is O=C(NCC(F)(F)F)c1cc(-c2cnn3cc(-c4ccc(OCC[NH+]5CC[C@@H](F)C5)cc4)cnc23)cs1. The van der Waals surface area contributed by atoms with Gasteiger partial charge in [0.1, 0.15) is 32.0 Å². The molecule has 1 aliphatic rings. The smallest absolute Gasteiger partial charge is 0.405 e. The van der Waals surface area contributed by atoms with Crippen molar-refractivity contribution < 1.29 is 32.0 Å². The van der Waals surface area contributed by atoms with Crippen LogP contribution in [0.3, 0.4) is 0 Å². The Balaban J connectivity index is 1.24. The maximum atomic E-state index is 13.3. The number of halogens is 4. The minimum absolute atomic E-state index is 0.172. The van der Waals surface area contributed by atoms with Crippen LogP contribution in [0.2, 0.25) is 0 Å². The number of nitrogens with zero attached hydrogens (tertiary/aromatic N) is 3. The van der Waals surface area contributed by atoms with Crippen LogP contribution in [0.4, 0.5) is 17.6 Å². The highest BCUT2D eigenvalue weighted by molar-refractivity contribution is 7.12. The third kappa shape index (κ3) is 6.08. The van der Waals surface area contributed by atoms with E-state index in [2.05, 4.69) is 10.1 Å². The van der Waals surface area contributed by atoms with Gasteiger partial charge in [-0.2, -0.15) is 18.3 Å². The largest absolute Gasteiger partial charge is 0.488 e. The van der Waals surface area contributed by atoms with Gasteiger partial charge in [0.2, 0.25) is 0 Å². The number of alkyl halides is 4. The Hall–Kier alpha value is -3.51. The second-order valence-corrected chi connectivity index (χ2v) is 9.79. The molecule has 194 valence electrons. The molecule has 1 saturated heterocycles. The maximum Gasteiger partial charge on any atom is 0.405 e. The van der Waals surface area contributed by atoms with Crippen LogP contribution in [0.15, 0.2) is 54.3 Å². The summed E-state index contributed by atoms with van der Waals surface area (Å²) >= 11 is 1.05. The Bertz CT molecular complexity index is 1390. The van der Waals surface area contributed by atoms with Gasteiger partial charge in [-0.25, -0.2) is 13.9 Å². The Labute approximate surface area is 213 Å². The summed E-state index contributed by atoms with van der Waals surface area (Å²) in [6, 6.07) is 9.13. The van der Waals surface area contributed by atoms with E-state index in [9.17, 15) is 22.4 Å². The van der Waals surface area contributed by atoms with Crippen molar-refractivity contribution in [2.24, 2.45) is 0 Å². The summed E-state index contributed by atoms with van der Waals surface area (Å²) in [6.07, 6.45) is 0.598. The topological polar surface area (TPSA) is 73.0 Å². The van der Waals surface area contributed by atoms with Gasteiger partial charge in [0.15, 0.2) is 11.8 Å². The van der Waals surface area contributed by atoms with Crippen LogP contribution in [-0.2, 0) is 0 Å². The lowest BCUT2D eigenvalue weighted by Crippen LogP contribution is -3.11. The monoisotopic (exact) mass is 534 g/mol. The summed E-state index contributed by atoms with van der Waals surface area (Å²) in [7, 11) is 0. The zero-order valence-corrected chi connectivity index (χ0v) is 20.4. The number of thiophene rings is 1. The van der Waals surface area contributed by atoms with Gasteiger partial charge in [-0.15, -0.1) is 11.3 Å². The molecule has 0 radical (unpaired) electrons. The molecule has 12 heteroatoms. The normalized spacial score (nSPS) is 17.8. The summed E-state index contributed by atoms with van der Waals surface area (Å²) < 4.78 is 57.8. The van der Waals surface area contributed by atoms with E-state index in [-0.39, 0.29) is 4.88 Å². The first-order chi connectivity index (χ1) is 17.7. The van der Waals surface area contributed by atoms with E-state index in [1.54, 1.807) is 22.3 Å². The van der Waals surface area contributed by atoms with E-state index in [4.69, 9.17) is 4.74 Å². The van der Waals surface area contributed by atoms with E-state index in [1.165, 1.54) is 11.0 Å². The van der Waals surface area contributed by atoms with Crippen LogP contribution < -0.4 is 15.0 Å². The van der Waals surface area contributed by atoms with Crippen molar-refractivity contribution in [1.82, 2.24) is 19.9 Å². The lowest BCUT2D eigenvalue weighted by molar-refractivity contribution is -0.888. The standard InChI is InChI=1S/C25H23F4N5O2S/c26-19-5-6-33(13-19)7-8-36-20-3-1-16(2-4-20)18-10-30-23-21(11-32-34(23)12-18)17-9-22(37-14-17)24(35)31-15-25(27,28)29/h1-4,9-12,14,19H,5-8,13,15H2,(H,31,35)/p+1/t19-/m1/s1. The number of nitrogens with one attached hydrogen (secondary N) is 2. The van der Waals surface area contributed by atoms with Gasteiger partial charge in [0, 0.05) is 29.9 Å². The molecule has 4 heterocycles. The molecule has 5 rings (SSSR count). The Morgan fingerprint density at radius 3 is 2.73 bits per heavy atom. The van der Waals surface area contributed by atoms with Crippen molar-refractivity contribution in [3.63, 3.8) is 0 Å². The lowest BCUT2D eigenvalue weighted by Gasteiger charge is -2.13. The first-order valence-corrected chi connectivity index (χ1v) is 12.6. The number of benzene rings is 1. The van der Waals surface area contributed by atoms with Gasteiger partial charge < -0.3 is 15.0 Å². The number of likely N-dealkylation sites (tertiary alicyclic amines) is 1. The number of fused-ring (bicyclic) bond motifs is 1. The van der Waals surface area contributed by atoms with E-state index in [0.717, 1.165) is 41.3 Å². The van der Waals surface area contributed by atoms with Crippen molar-refractivity contribution in [2.75, 3.05) is 32.8 Å². The first-order valence-electron chi connectivity index (χ1n) is 11.7. The van der Waals surface area contributed by atoms with E-state index >= 15 is 0 Å². The number of hydrogen-bond acceptors (Lipinski definition) is 5. The van der Waals surface area contributed by atoms with Gasteiger partial charge >= 0.3 is 6.18 Å². The summed E-state index contributed by atoms with van der Waals surface area (Å²) in [5, 5.41) is 7.93. The number of amides is 1. The highest BCUT2D eigenvalue weighted by Crippen LogP contribution is 2.30. The summed E-state index contributed by atoms with van der Waals surface area (Å²) in [4.78, 5) is 18.0. The van der Waals surface area contributed by atoms with Crippen molar-refractivity contribution in [3.8, 4) is 28.0 Å². The van der Waals surface area contributed by atoms with Crippen LogP contribution in [-0.4, -0.2) is 65.6 Å². The van der Waals surface area contributed by atoms with Gasteiger partial charge in [-0.3, -0.25) is 4.79 Å². The number of rotatable bonds is 8. The van der Waals surface area contributed by atoms with Crippen LogP contribution in [0.1, 0.15) is 16.1 Å². The molecule has 7 nitrogen and oxygen atoms in total. The molecular weight excluding hydrogens is 510 g/mol. The molecule has 1 fully saturated rings. The highest BCUT2D eigenvalue weighted by atomic mass is 32.1. The number of hydrogen-bond donors (Lipinski definition) is 2. The molecule has 2 atom stereocenters. The summed E-state index contributed by atoms with van der Waals surface area (Å²) in [5.74, 6) is -0.0412. The molecule has 0 spiro atoms. The molecule has 2 N–H and O–H groups in total. The quantitative estimate of drug-likeness (QED) is 0.340. The number of aromatic nitrogens is 3. The van der Waals surface area contributed by atoms with Crippen LogP contribution in [0.5, 0.6) is 5.75 Å². The average molecular weight is 535 g/mol. The molecule has 37 heavy (non-hydrogen) atoms. The predicted octanol–water partition coefficient (Wildman–Crippen LogP) is 3.42. The predicted molar refractivity (Wildman–Crippen MR) is 131 cm³/mol. The van der Waals surface area contributed by atoms with Crippen molar-refractivity contribution in [3.05, 3.63) is 59.2 Å². The van der Waals surface area contributed by atoms with Crippen LogP contribution in [0.25, 0.3) is 27.9 Å². The molecule has 1 aromatic carbocycles. The van der Waals surface area contributed by atoms with Crippen molar-refractivity contribution in [1.29, 1.82) is 0 Å². The van der Waals surface area contributed by atoms with Gasteiger partial charge in [-0.05, 0) is 34.7 Å². The second kappa shape index (κ2) is 10.5. The fraction of sp³-hybridized carbons (Fsp3) is 0.320. The maximum absolute atomic E-state index is 13.3. The first kappa shape index (κ1) is 25.2. The Kier molecular flexibility index (Phi) is 7.11. The zero-order valence-electron chi connectivity index (χ0n) is 19.6. The Morgan fingerprint density at radius 1 is 1.19 bits per heavy atom. The van der Waals surface area contributed by atoms with E-state index < -0.39 is 24.8 Å². The molecule has 1 amide bonds. The minimum Gasteiger partial charge on any atom is -0.488 e. The number of carbonyl (C=O) groups excluding carboxylic acids is 1. The van der Waals surface area contributed by atoms with Crippen molar-refractivity contribution in [2.45, 2.75) is 18.8 Å². The third-order valence-electron chi connectivity index (χ3n) is 6.17. The zero-order chi connectivity index (χ0) is 26.0. The van der Waals surface area contributed by atoms with Gasteiger partial charge in [0.25, 0.3) is 5.91 Å². The third-order valence-corrected chi connectivity index (χ3v) is 7.10. The fourth-order valence-electron chi connectivity index (χ4n) is 4.25. The van der Waals surface area contributed by atoms with Gasteiger partial charge in [-0.1, -0.05) is 12.1 Å². The fourth-order valence-corrected chi connectivity index (χ4v) is 5.08. The van der Waals surface area contributed by atoms with E-state index in [0.29, 0.717) is 36.3 Å². The summed E-state index contributed by atoms with van der Waals surface area (Å²) in [5.41, 5.74) is 3.63. The molecule has 0 aliphatic carbocycles. The molecule has 1 aliphatic heterocycles. The Morgan fingerprint density at radius 2 is 2.00 bits per heavy atom. The lowest BCUT2D eigenvalue weighted by atomic mass is 10.1.